The lowest BCUT2D eigenvalue weighted by atomic mass is 9.92. The minimum atomic E-state index is -0.388. The van der Waals surface area contributed by atoms with Crippen LogP contribution in [-0.4, -0.2) is 32.9 Å². The number of nitrogens with two attached hydrogens (primary N) is 1. The molecule has 1 aliphatic carbocycles. The van der Waals surface area contributed by atoms with Crippen LogP contribution in [0.4, 0.5) is 5.95 Å². The number of methoxy groups -OCH3 is 1. The van der Waals surface area contributed by atoms with Gasteiger partial charge < -0.3 is 15.6 Å². The number of hydrogen-bond donors (Lipinski definition) is 2. The lowest BCUT2D eigenvalue weighted by Crippen LogP contribution is -2.28. The number of pyridine rings is 1. The zero-order valence-corrected chi connectivity index (χ0v) is 10.9. The maximum absolute atomic E-state index is 10.2. The number of nitrogen functional groups attached to an aromatic ring is 1. The Morgan fingerprint density at radius 2 is 2.11 bits per heavy atom. The Bertz CT molecular complexity index is 596. The van der Waals surface area contributed by atoms with Gasteiger partial charge in [0, 0.05) is 6.07 Å². The van der Waals surface area contributed by atoms with Gasteiger partial charge in [-0.1, -0.05) is 12.8 Å². The Morgan fingerprint density at radius 1 is 1.32 bits per heavy atom. The molecule has 0 amide bonds. The van der Waals surface area contributed by atoms with Crippen LogP contribution in [0.5, 0.6) is 5.88 Å². The molecule has 0 aromatic carbocycles. The van der Waals surface area contributed by atoms with Gasteiger partial charge in [-0.3, -0.25) is 4.57 Å². The molecule has 1 saturated carbocycles. The van der Waals surface area contributed by atoms with E-state index in [1.54, 1.807) is 13.2 Å². The van der Waals surface area contributed by atoms with Gasteiger partial charge in [0.1, 0.15) is 5.52 Å². The zero-order chi connectivity index (χ0) is 13.4. The van der Waals surface area contributed by atoms with E-state index in [0.717, 1.165) is 31.2 Å². The number of ether oxygens (including phenoxy) is 1. The van der Waals surface area contributed by atoms with Crippen molar-refractivity contribution in [2.45, 2.75) is 37.8 Å². The van der Waals surface area contributed by atoms with Crippen LogP contribution in [0.25, 0.3) is 11.2 Å². The molecule has 6 heteroatoms. The van der Waals surface area contributed by atoms with Gasteiger partial charge in [0.05, 0.1) is 19.3 Å². The third-order valence-electron chi connectivity index (χ3n) is 3.77. The first kappa shape index (κ1) is 12.2. The lowest BCUT2D eigenvalue weighted by molar-refractivity contribution is 0.0780. The Labute approximate surface area is 111 Å². The van der Waals surface area contributed by atoms with Gasteiger partial charge in [-0.15, -0.1) is 0 Å². The monoisotopic (exact) mass is 262 g/mol. The summed E-state index contributed by atoms with van der Waals surface area (Å²) < 4.78 is 6.99. The van der Waals surface area contributed by atoms with Gasteiger partial charge >= 0.3 is 0 Å². The van der Waals surface area contributed by atoms with Crippen LogP contribution in [-0.2, 0) is 0 Å². The number of anilines is 1. The highest BCUT2D eigenvalue weighted by Crippen LogP contribution is 2.33. The van der Waals surface area contributed by atoms with E-state index in [2.05, 4.69) is 9.97 Å². The molecule has 2 atom stereocenters. The summed E-state index contributed by atoms with van der Waals surface area (Å²) in [5.41, 5.74) is 7.41. The third-order valence-corrected chi connectivity index (χ3v) is 3.77. The summed E-state index contributed by atoms with van der Waals surface area (Å²) in [5.74, 6) is 0.931. The molecule has 2 unspecified atom stereocenters. The third kappa shape index (κ3) is 2.02. The molecule has 0 saturated heterocycles. The van der Waals surface area contributed by atoms with E-state index in [1.165, 1.54) is 0 Å². The molecule has 2 heterocycles. The fraction of sp³-hybridized carbons (Fsp3) is 0.538. The van der Waals surface area contributed by atoms with Crippen LogP contribution in [0.1, 0.15) is 31.7 Å². The van der Waals surface area contributed by atoms with E-state index in [-0.39, 0.29) is 12.1 Å². The first-order valence-electron chi connectivity index (χ1n) is 6.57. The smallest absolute Gasteiger partial charge is 0.215 e. The van der Waals surface area contributed by atoms with E-state index >= 15 is 0 Å². The van der Waals surface area contributed by atoms with Crippen molar-refractivity contribution in [2.75, 3.05) is 12.8 Å². The van der Waals surface area contributed by atoms with Crippen LogP contribution < -0.4 is 10.5 Å². The first-order valence-corrected chi connectivity index (χ1v) is 6.57. The molecular weight excluding hydrogens is 244 g/mol. The number of aliphatic hydroxyl groups is 1. The average Bonchev–Trinajstić information content (AvgIpc) is 2.74. The number of hydrogen-bond acceptors (Lipinski definition) is 5. The van der Waals surface area contributed by atoms with E-state index in [9.17, 15) is 5.11 Å². The molecule has 19 heavy (non-hydrogen) atoms. The zero-order valence-electron chi connectivity index (χ0n) is 10.9. The van der Waals surface area contributed by atoms with Crippen molar-refractivity contribution < 1.29 is 9.84 Å². The van der Waals surface area contributed by atoms with Gasteiger partial charge in [0.15, 0.2) is 5.65 Å². The standard InChI is InChI=1S/C13H18N4O2/c1-19-11-7-6-8-12(16-11)17(13(14)15-8)9-4-2-3-5-10(9)18/h6-7,9-10,18H,2-5H2,1H3,(H2,14,15). The molecule has 3 N–H and O–H groups in total. The second-order valence-corrected chi connectivity index (χ2v) is 4.96. The number of nitrogens with zero attached hydrogens (tertiary/aromatic N) is 3. The van der Waals surface area contributed by atoms with E-state index in [0.29, 0.717) is 17.5 Å². The van der Waals surface area contributed by atoms with Gasteiger partial charge in [-0.2, -0.15) is 4.98 Å². The van der Waals surface area contributed by atoms with Crippen molar-refractivity contribution in [3.05, 3.63) is 12.1 Å². The topological polar surface area (TPSA) is 86.2 Å². The summed E-state index contributed by atoms with van der Waals surface area (Å²) in [6.07, 6.45) is 3.45. The summed E-state index contributed by atoms with van der Waals surface area (Å²) in [4.78, 5) is 8.72. The van der Waals surface area contributed by atoms with Crippen LogP contribution in [0.3, 0.4) is 0 Å². The number of imidazole rings is 1. The Hall–Kier alpha value is -1.82. The maximum atomic E-state index is 10.2. The van der Waals surface area contributed by atoms with Crippen LogP contribution >= 0.6 is 0 Å². The molecule has 0 bridgehead atoms. The number of aromatic nitrogens is 3. The summed E-state index contributed by atoms with van der Waals surface area (Å²) >= 11 is 0. The molecular formula is C13H18N4O2. The molecule has 2 aromatic heterocycles. The van der Waals surface area contributed by atoms with E-state index in [4.69, 9.17) is 10.5 Å². The summed E-state index contributed by atoms with van der Waals surface area (Å²) in [5, 5.41) is 10.2. The predicted molar refractivity (Wildman–Crippen MR) is 72.0 cm³/mol. The van der Waals surface area contributed by atoms with Gasteiger partial charge in [-0.05, 0) is 18.9 Å². The van der Waals surface area contributed by atoms with Gasteiger partial charge in [0.2, 0.25) is 11.8 Å². The Morgan fingerprint density at radius 3 is 2.84 bits per heavy atom. The predicted octanol–water partition coefficient (Wildman–Crippen LogP) is 1.50. The summed E-state index contributed by atoms with van der Waals surface area (Å²) in [6, 6.07) is 3.55. The van der Waals surface area contributed by atoms with Crippen molar-refractivity contribution in [3.63, 3.8) is 0 Å². The minimum absolute atomic E-state index is 0.0432. The van der Waals surface area contributed by atoms with Crippen LogP contribution in [0.15, 0.2) is 12.1 Å². The quantitative estimate of drug-likeness (QED) is 0.856. The maximum Gasteiger partial charge on any atom is 0.215 e. The largest absolute Gasteiger partial charge is 0.481 e. The van der Waals surface area contributed by atoms with Crippen molar-refractivity contribution in [1.82, 2.24) is 14.5 Å². The second kappa shape index (κ2) is 4.70. The van der Waals surface area contributed by atoms with Gasteiger partial charge in [-0.25, -0.2) is 4.98 Å². The molecule has 0 radical (unpaired) electrons. The van der Waals surface area contributed by atoms with Crippen molar-refractivity contribution in [2.24, 2.45) is 0 Å². The number of aliphatic hydroxyl groups excluding tert-OH is 1. The van der Waals surface area contributed by atoms with Gasteiger partial charge in [0.25, 0.3) is 0 Å². The number of rotatable bonds is 2. The SMILES string of the molecule is COc1ccc2nc(N)n(C3CCCCC3O)c2n1. The molecule has 1 aliphatic rings. The van der Waals surface area contributed by atoms with Crippen LogP contribution in [0, 0.1) is 0 Å². The van der Waals surface area contributed by atoms with E-state index in [1.807, 2.05) is 10.6 Å². The highest BCUT2D eigenvalue weighted by Gasteiger charge is 2.28. The molecule has 2 aromatic rings. The lowest BCUT2D eigenvalue weighted by Gasteiger charge is -2.29. The van der Waals surface area contributed by atoms with Crippen molar-refractivity contribution >= 4 is 17.1 Å². The first-order chi connectivity index (χ1) is 9.20. The fourth-order valence-electron chi connectivity index (χ4n) is 2.81. The summed E-state index contributed by atoms with van der Waals surface area (Å²) in [7, 11) is 1.58. The van der Waals surface area contributed by atoms with Crippen LogP contribution in [0.2, 0.25) is 0 Å². The minimum Gasteiger partial charge on any atom is -0.481 e. The molecule has 0 aliphatic heterocycles. The van der Waals surface area contributed by atoms with Crippen molar-refractivity contribution in [3.8, 4) is 5.88 Å². The molecule has 102 valence electrons. The molecule has 6 nitrogen and oxygen atoms in total. The Kier molecular flexibility index (Phi) is 3.02. The summed E-state index contributed by atoms with van der Waals surface area (Å²) in [6.45, 7) is 0. The number of fused-ring (bicyclic) bond motifs is 1. The normalized spacial score (nSPS) is 23.7. The van der Waals surface area contributed by atoms with Crippen molar-refractivity contribution in [1.29, 1.82) is 0 Å². The second-order valence-electron chi connectivity index (χ2n) is 4.96. The van der Waals surface area contributed by atoms with E-state index < -0.39 is 0 Å². The molecule has 3 rings (SSSR count). The Balaban J connectivity index is 2.12. The fourth-order valence-corrected chi connectivity index (χ4v) is 2.81. The highest BCUT2D eigenvalue weighted by atomic mass is 16.5. The molecule has 0 spiro atoms. The highest BCUT2D eigenvalue weighted by molar-refractivity contribution is 5.75. The molecule has 1 fully saturated rings. The average molecular weight is 262 g/mol.